The summed E-state index contributed by atoms with van der Waals surface area (Å²) in [6, 6.07) is 0. The third-order valence-electron chi connectivity index (χ3n) is 1.29. The maximum Gasteiger partial charge on any atom is 0.524 e. The largest absolute Gasteiger partial charge is 0.524 e. The van der Waals surface area contributed by atoms with Gasteiger partial charge in [-0.2, -0.15) is 0 Å². The van der Waals surface area contributed by atoms with E-state index in [4.69, 9.17) is 0 Å². The Morgan fingerprint density at radius 1 is 1.64 bits per heavy atom. The number of nitrogens with zero attached hydrogens (tertiary/aromatic N) is 1. The van der Waals surface area contributed by atoms with Crippen molar-refractivity contribution < 1.29 is 17.9 Å². The SMILES string of the molecule is CN1CC=[C]C1OC(F)(F)F. The first-order valence-electron chi connectivity index (χ1n) is 3.01. The summed E-state index contributed by atoms with van der Waals surface area (Å²) in [6.07, 6.45) is -1.72. The highest BCUT2D eigenvalue weighted by molar-refractivity contribution is 4.91. The van der Waals surface area contributed by atoms with E-state index in [0.717, 1.165) is 0 Å². The second-order valence-corrected chi connectivity index (χ2v) is 2.23. The van der Waals surface area contributed by atoms with Gasteiger partial charge in [0.15, 0.2) is 0 Å². The van der Waals surface area contributed by atoms with Crippen molar-refractivity contribution in [3.8, 4) is 0 Å². The minimum atomic E-state index is -4.58. The summed E-state index contributed by atoms with van der Waals surface area (Å²) in [5.74, 6) is 0. The van der Waals surface area contributed by atoms with Crippen molar-refractivity contribution in [1.29, 1.82) is 0 Å². The predicted octanol–water partition coefficient (Wildman–Crippen LogP) is 1.15. The van der Waals surface area contributed by atoms with Crippen molar-refractivity contribution in [2.75, 3.05) is 13.6 Å². The molecular weight excluding hydrogens is 159 g/mol. The van der Waals surface area contributed by atoms with E-state index >= 15 is 0 Å². The molecule has 0 bridgehead atoms. The zero-order valence-corrected chi connectivity index (χ0v) is 5.85. The Morgan fingerprint density at radius 2 is 2.27 bits per heavy atom. The fourth-order valence-electron chi connectivity index (χ4n) is 0.771. The molecule has 0 spiro atoms. The summed E-state index contributed by atoms with van der Waals surface area (Å²) < 4.78 is 38.4. The molecule has 1 heterocycles. The molecule has 0 saturated carbocycles. The molecule has 1 rings (SSSR count). The molecule has 1 unspecified atom stereocenters. The van der Waals surface area contributed by atoms with Gasteiger partial charge in [-0.3, -0.25) is 9.64 Å². The van der Waals surface area contributed by atoms with Crippen LogP contribution < -0.4 is 0 Å². The van der Waals surface area contributed by atoms with Crippen molar-refractivity contribution in [2.45, 2.75) is 12.6 Å². The van der Waals surface area contributed by atoms with Crippen molar-refractivity contribution >= 4 is 0 Å². The Hall–Kier alpha value is -0.550. The van der Waals surface area contributed by atoms with Crippen LogP contribution in [0.4, 0.5) is 13.2 Å². The van der Waals surface area contributed by atoms with Gasteiger partial charge in [0, 0.05) is 12.6 Å². The summed E-state index contributed by atoms with van der Waals surface area (Å²) in [5, 5.41) is 0. The highest BCUT2D eigenvalue weighted by Crippen LogP contribution is 2.21. The van der Waals surface area contributed by atoms with E-state index in [-0.39, 0.29) is 0 Å². The van der Waals surface area contributed by atoms with Gasteiger partial charge >= 0.3 is 6.36 Å². The zero-order chi connectivity index (χ0) is 8.48. The lowest BCUT2D eigenvalue weighted by Gasteiger charge is -2.19. The number of likely N-dealkylation sites (N-methyl/N-ethyl adjacent to an activating group) is 1. The molecule has 2 nitrogen and oxygen atoms in total. The molecule has 0 saturated heterocycles. The molecule has 1 radical (unpaired) electrons. The maximum atomic E-state index is 11.6. The first-order chi connectivity index (χ1) is 4.99. The van der Waals surface area contributed by atoms with Gasteiger partial charge in [0.25, 0.3) is 0 Å². The van der Waals surface area contributed by atoms with Crippen LogP contribution in [0, 0.1) is 6.08 Å². The topological polar surface area (TPSA) is 12.5 Å². The summed E-state index contributed by atoms with van der Waals surface area (Å²) >= 11 is 0. The van der Waals surface area contributed by atoms with Gasteiger partial charge in [-0.05, 0) is 7.05 Å². The van der Waals surface area contributed by atoms with Crippen molar-refractivity contribution in [3.05, 3.63) is 12.2 Å². The van der Waals surface area contributed by atoms with E-state index in [9.17, 15) is 13.2 Å². The molecule has 11 heavy (non-hydrogen) atoms. The van der Waals surface area contributed by atoms with Gasteiger partial charge in [0.2, 0.25) is 0 Å². The lowest BCUT2D eigenvalue weighted by molar-refractivity contribution is -0.350. The number of ether oxygens (including phenoxy) is 1. The lowest BCUT2D eigenvalue weighted by Crippen LogP contribution is -2.33. The second kappa shape index (κ2) is 2.83. The Balaban J connectivity index is 2.43. The van der Waals surface area contributed by atoms with E-state index < -0.39 is 12.6 Å². The van der Waals surface area contributed by atoms with Gasteiger partial charge in [-0.25, -0.2) is 0 Å². The van der Waals surface area contributed by atoms with Gasteiger partial charge in [-0.1, -0.05) is 6.08 Å². The van der Waals surface area contributed by atoms with E-state index in [2.05, 4.69) is 10.8 Å². The molecule has 0 aromatic carbocycles. The zero-order valence-electron chi connectivity index (χ0n) is 5.85. The molecule has 1 aliphatic heterocycles. The Labute approximate surface area is 62.2 Å². The first kappa shape index (κ1) is 8.55. The average molecular weight is 166 g/mol. The minimum absolute atomic E-state index is 0.445. The molecule has 0 amide bonds. The van der Waals surface area contributed by atoms with E-state index in [0.29, 0.717) is 6.54 Å². The summed E-state index contributed by atoms with van der Waals surface area (Å²) in [4.78, 5) is 1.40. The molecule has 5 heteroatoms. The van der Waals surface area contributed by atoms with Crippen LogP contribution in [0.3, 0.4) is 0 Å². The monoisotopic (exact) mass is 166 g/mol. The van der Waals surface area contributed by atoms with Crippen LogP contribution in [-0.2, 0) is 4.74 Å². The molecule has 0 fully saturated rings. The number of hydrogen-bond acceptors (Lipinski definition) is 2. The lowest BCUT2D eigenvalue weighted by atomic mass is 10.5. The van der Waals surface area contributed by atoms with E-state index in [1.165, 1.54) is 18.0 Å². The number of hydrogen-bond donors (Lipinski definition) is 0. The molecule has 0 aliphatic carbocycles. The Bertz CT molecular complexity index is 166. The van der Waals surface area contributed by atoms with Crippen LogP contribution in [0.5, 0.6) is 0 Å². The van der Waals surface area contributed by atoms with Gasteiger partial charge < -0.3 is 0 Å². The highest BCUT2D eigenvalue weighted by Gasteiger charge is 2.35. The highest BCUT2D eigenvalue weighted by atomic mass is 19.4. The van der Waals surface area contributed by atoms with Gasteiger partial charge in [0.05, 0.1) is 0 Å². The van der Waals surface area contributed by atoms with Crippen LogP contribution in [0.25, 0.3) is 0 Å². The van der Waals surface area contributed by atoms with Crippen LogP contribution in [0.15, 0.2) is 6.08 Å². The Kier molecular flexibility index (Phi) is 2.20. The first-order valence-corrected chi connectivity index (χ1v) is 3.01. The van der Waals surface area contributed by atoms with Crippen LogP contribution in [0.1, 0.15) is 0 Å². The molecule has 0 aromatic rings. The van der Waals surface area contributed by atoms with Crippen LogP contribution >= 0.6 is 0 Å². The summed E-state index contributed by atoms with van der Waals surface area (Å²) in [7, 11) is 1.53. The van der Waals surface area contributed by atoms with Crippen molar-refractivity contribution in [2.24, 2.45) is 0 Å². The predicted molar refractivity (Wildman–Crippen MR) is 31.4 cm³/mol. The summed E-state index contributed by atoms with van der Waals surface area (Å²) in [5.41, 5.74) is 0. The molecule has 63 valence electrons. The van der Waals surface area contributed by atoms with Crippen LogP contribution in [0.2, 0.25) is 0 Å². The standard InChI is InChI=1S/C6H7F3NO/c1-10-4-2-3-5(10)11-6(7,8)9/h2,5H,4H2,1H3. The van der Waals surface area contributed by atoms with Gasteiger partial charge in [0.1, 0.15) is 6.23 Å². The van der Waals surface area contributed by atoms with E-state index in [1.807, 2.05) is 0 Å². The average Bonchev–Trinajstić information content (AvgIpc) is 2.12. The third-order valence-corrected chi connectivity index (χ3v) is 1.29. The number of alkyl halides is 3. The van der Waals surface area contributed by atoms with Crippen LogP contribution in [-0.4, -0.2) is 31.1 Å². The van der Waals surface area contributed by atoms with Crippen molar-refractivity contribution in [1.82, 2.24) is 4.90 Å². The third kappa shape index (κ3) is 2.51. The normalized spacial score (nSPS) is 26.4. The minimum Gasteiger partial charge on any atom is -0.274 e. The van der Waals surface area contributed by atoms with Crippen molar-refractivity contribution in [3.63, 3.8) is 0 Å². The quantitative estimate of drug-likeness (QED) is 0.579. The molecule has 0 aromatic heterocycles. The smallest absolute Gasteiger partial charge is 0.274 e. The fourth-order valence-corrected chi connectivity index (χ4v) is 0.771. The van der Waals surface area contributed by atoms with Gasteiger partial charge in [-0.15, -0.1) is 13.2 Å². The fraction of sp³-hybridized carbons (Fsp3) is 0.667. The molecule has 1 atom stereocenters. The summed E-state index contributed by atoms with van der Waals surface area (Å²) in [6.45, 7) is 0.445. The van der Waals surface area contributed by atoms with E-state index in [1.54, 1.807) is 0 Å². The Morgan fingerprint density at radius 3 is 2.64 bits per heavy atom. The second-order valence-electron chi connectivity index (χ2n) is 2.23. The molecular formula is C6H7F3NO. The maximum absolute atomic E-state index is 11.6. The molecule has 0 N–H and O–H groups in total. The number of halogens is 3. The molecule has 1 aliphatic rings. The number of rotatable bonds is 1.